The Morgan fingerprint density at radius 3 is 2.35 bits per heavy atom. The van der Waals surface area contributed by atoms with Gasteiger partial charge in [0.2, 0.25) is 5.91 Å². The molecule has 5 nitrogen and oxygen atoms in total. The molecule has 0 aliphatic carbocycles. The van der Waals surface area contributed by atoms with E-state index in [9.17, 15) is 14.0 Å². The summed E-state index contributed by atoms with van der Waals surface area (Å²) in [7, 11) is 0. The highest BCUT2D eigenvalue weighted by Crippen LogP contribution is 2.26. The quantitative estimate of drug-likeness (QED) is 0.430. The van der Waals surface area contributed by atoms with Crippen molar-refractivity contribution in [3.63, 3.8) is 0 Å². The van der Waals surface area contributed by atoms with E-state index in [0.717, 1.165) is 4.90 Å². The molecule has 0 spiro atoms. The Morgan fingerprint density at radius 2 is 1.68 bits per heavy atom. The largest absolute Gasteiger partial charge is 0.484 e. The van der Waals surface area contributed by atoms with Crippen LogP contribution >= 0.6 is 23.4 Å². The van der Waals surface area contributed by atoms with Gasteiger partial charge in [-0.25, -0.2) is 4.39 Å². The number of halogens is 2. The van der Waals surface area contributed by atoms with Crippen LogP contribution in [0.3, 0.4) is 0 Å². The zero-order valence-electron chi connectivity index (χ0n) is 16.6. The molecule has 3 rings (SSSR count). The number of hydrogen-bond acceptors (Lipinski definition) is 4. The Balaban J connectivity index is 1.48. The van der Waals surface area contributed by atoms with Crippen LogP contribution in [0.1, 0.15) is 6.92 Å². The molecule has 8 heteroatoms. The van der Waals surface area contributed by atoms with E-state index in [1.54, 1.807) is 31.2 Å². The molecule has 0 bridgehead atoms. The first-order chi connectivity index (χ1) is 14.9. The van der Waals surface area contributed by atoms with Gasteiger partial charge in [-0.1, -0.05) is 29.8 Å². The minimum atomic E-state index is -0.541. The number of thioether (sulfide) groups is 1. The average molecular weight is 459 g/mol. The molecule has 1 atom stereocenters. The van der Waals surface area contributed by atoms with Crippen LogP contribution in [0.4, 0.5) is 15.8 Å². The molecule has 0 radical (unpaired) electrons. The van der Waals surface area contributed by atoms with Crippen molar-refractivity contribution in [3.05, 3.63) is 83.6 Å². The van der Waals surface area contributed by atoms with Crippen LogP contribution in [-0.2, 0) is 9.59 Å². The number of anilines is 2. The Morgan fingerprint density at radius 1 is 1.00 bits per heavy atom. The number of amides is 2. The molecule has 0 saturated heterocycles. The number of carbonyl (C=O) groups is 2. The van der Waals surface area contributed by atoms with Gasteiger partial charge in [0.15, 0.2) is 6.61 Å². The van der Waals surface area contributed by atoms with Crippen molar-refractivity contribution in [3.8, 4) is 5.75 Å². The van der Waals surface area contributed by atoms with Gasteiger partial charge in [-0.05, 0) is 61.5 Å². The molecule has 3 aromatic carbocycles. The zero-order chi connectivity index (χ0) is 22.2. The van der Waals surface area contributed by atoms with E-state index in [1.165, 1.54) is 30.0 Å². The third-order valence-electron chi connectivity index (χ3n) is 4.12. The van der Waals surface area contributed by atoms with E-state index < -0.39 is 11.1 Å². The van der Waals surface area contributed by atoms with Crippen molar-refractivity contribution in [2.45, 2.75) is 17.1 Å². The van der Waals surface area contributed by atoms with Gasteiger partial charge in [0.1, 0.15) is 11.6 Å². The predicted molar refractivity (Wildman–Crippen MR) is 122 cm³/mol. The first-order valence-corrected chi connectivity index (χ1v) is 10.7. The van der Waals surface area contributed by atoms with Gasteiger partial charge in [0.05, 0.1) is 10.3 Å². The fourth-order valence-electron chi connectivity index (χ4n) is 2.55. The highest BCUT2D eigenvalue weighted by Gasteiger charge is 2.15. The summed E-state index contributed by atoms with van der Waals surface area (Å²) in [6, 6.07) is 20.3. The molecule has 160 valence electrons. The molecule has 1 unspecified atom stereocenters. The molecule has 31 heavy (non-hydrogen) atoms. The lowest BCUT2D eigenvalue weighted by Gasteiger charge is -2.13. The first-order valence-electron chi connectivity index (χ1n) is 9.41. The van der Waals surface area contributed by atoms with E-state index in [4.69, 9.17) is 16.3 Å². The summed E-state index contributed by atoms with van der Waals surface area (Å²) >= 11 is 7.10. The van der Waals surface area contributed by atoms with Crippen molar-refractivity contribution in [1.29, 1.82) is 0 Å². The third-order valence-corrected chi connectivity index (χ3v) is 5.52. The first kappa shape index (κ1) is 22.7. The lowest BCUT2D eigenvalue weighted by atomic mass is 10.3. The van der Waals surface area contributed by atoms with Gasteiger partial charge in [0, 0.05) is 16.3 Å². The second-order valence-corrected chi connectivity index (χ2v) is 8.37. The standard InChI is InChI=1S/C23H20ClFN2O3S/c1-15(23(29)27-17-9-12-21(25)20(24)13-17)31-19-10-7-16(8-11-19)26-22(28)14-30-18-5-3-2-4-6-18/h2-13,15H,14H2,1H3,(H,26,28)(H,27,29). The van der Waals surface area contributed by atoms with E-state index >= 15 is 0 Å². The van der Waals surface area contributed by atoms with Crippen molar-refractivity contribution in [2.24, 2.45) is 0 Å². The number of rotatable bonds is 8. The molecule has 0 aromatic heterocycles. The summed E-state index contributed by atoms with van der Waals surface area (Å²) < 4.78 is 18.6. The Labute approximate surface area is 188 Å². The van der Waals surface area contributed by atoms with Crippen LogP contribution < -0.4 is 15.4 Å². The third kappa shape index (κ3) is 7.01. The smallest absolute Gasteiger partial charge is 0.262 e. The fourth-order valence-corrected chi connectivity index (χ4v) is 3.60. The van der Waals surface area contributed by atoms with Gasteiger partial charge in [-0.3, -0.25) is 9.59 Å². The normalized spacial score (nSPS) is 11.5. The van der Waals surface area contributed by atoms with Gasteiger partial charge >= 0.3 is 0 Å². The minimum Gasteiger partial charge on any atom is -0.484 e. The van der Waals surface area contributed by atoms with Crippen molar-refractivity contribution >= 4 is 46.6 Å². The Bertz CT molecular complexity index is 1050. The van der Waals surface area contributed by atoms with Crippen LogP contribution in [0.15, 0.2) is 77.7 Å². The van der Waals surface area contributed by atoms with Gasteiger partial charge in [0.25, 0.3) is 5.91 Å². The molecule has 0 aliphatic heterocycles. The number of ether oxygens (including phenoxy) is 1. The summed E-state index contributed by atoms with van der Waals surface area (Å²) in [4.78, 5) is 25.3. The van der Waals surface area contributed by atoms with Crippen molar-refractivity contribution < 1.29 is 18.7 Å². The van der Waals surface area contributed by atoms with Gasteiger partial charge < -0.3 is 15.4 Å². The van der Waals surface area contributed by atoms with Gasteiger partial charge in [-0.15, -0.1) is 11.8 Å². The van der Waals surface area contributed by atoms with Crippen LogP contribution in [0.2, 0.25) is 5.02 Å². The highest BCUT2D eigenvalue weighted by atomic mass is 35.5. The molecular weight excluding hydrogens is 439 g/mol. The second-order valence-electron chi connectivity index (χ2n) is 6.55. The van der Waals surface area contributed by atoms with Crippen molar-refractivity contribution in [2.75, 3.05) is 17.2 Å². The lowest BCUT2D eigenvalue weighted by molar-refractivity contribution is -0.118. The van der Waals surface area contributed by atoms with Crippen LogP contribution in [0.5, 0.6) is 5.75 Å². The molecule has 3 aromatic rings. The summed E-state index contributed by atoms with van der Waals surface area (Å²) in [5, 5.41) is 5.03. The van der Waals surface area contributed by atoms with E-state index in [-0.39, 0.29) is 23.4 Å². The monoisotopic (exact) mass is 458 g/mol. The molecule has 2 amide bonds. The van der Waals surface area contributed by atoms with E-state index in [2.05, 4.69) is 10.6 Å². The van der Waals surface area contributed by atoms with E-state index in [0.29, 0.717) is 17.1 Å². The summed E-state index contributed by atoms with van der Waals surface area (Å²) in [6.45, 7) is 1.67. The summed E-state index contributed by atoms with van der Waals surface area (Å²) in [5.74, 6) is -0.418. The average Bonchev–Trinajstić information content (AvgIpc) is 2.77. The van der Waals surface area contributed by atoms with E-state index in [1.807, 2.05) is 30.3 Å². The predicted octanol–water partition coefficient (Wildman–Crippen LogP) is 5.62. The lowest BCUT2D eigenvalue weighted by Crippen LogP contribution is -2.22. The minimum absolute atomic E-state index is 0.0510. The number of hydrogen-bond donors (Lipinski definition) is 2. The molecule has 0 heterocycles. The maximum atomic E-state index is 13.2. The molecule has 0 saturated carbocycles. The Hall–Kier alpha value is -3.03. The number of benzene rings is 3. The SMILES string of the molecule is CC(Sc1ccc(NC(=O)COc2ccccc2)cc1)C(=O)Nc1ccc(F)c(Cl)c1. The summed E-state index contributed by atoms with van der Waals surface area (Å²) in [5.41, 5.74) is 1.06. The topological polar surface area (TPSA) is 67.4 Å². The number of para-hydroxylation sites is 1. The van der Waals surface area contributed by atoms with Crippen LogP contribution in [0.25, 0.3) is 0 Å². The Kier molecular flexibility index (Phi) is 7.92. The maximum Gasteiger partial charge on any atom is 0.262 e. The van der Waals surface area contributed by atoms with Crippen LogP contribution in [-0.4, -0.2) is 23.7 Å². The number of carbonyl (C=O) groups excluding carboxylic acids is 2. The maximum absolute atomic E-state index is 13.2. The number of nitrogens with one attached hydrogen (secondary N) is 2. The zero-order valence-corrected chi connectivity index (χ0v) is 18.2. The molecule has 0 fully saturated rings. The molecular formula is C23H20ClFN2O3S. The van der Waals surface area contributed by atoms with Gasteiger partial charge in [-0.2, -0.15) is 0 Å². The molecule has 2 N–H and O–H groups in total. The summed E-state index contributed by atoms with van der Waals surface area (Å²) in [6.07, 6.45) is 0. The fraction of sp³-hybridized carbons (Fsp3) is 0.130. The highest BCUT2D eigenvalue weighted by molar-refractivity contribution is 8.00. The second kappa shape index (κ2) is 10.8. The van der Waals surface area contributed by atoms with Crippen LogP contribution in [0, 0.1) is 5.82 Å². The van der Waals surface area contributed by atoms with Crippen molar-refractivity contribution in [1.82, 2.24) is 0 Å². The molecule has 0 aliphatic rings.